The van der Waals surface area contributed by atoms with Gasteiger partial charge < -0.3 is 19.5 Å². The van der Waals surface area contributed by atoms with Gasteiger partial charge in [-0.05, 0) is 18.8 Å². The van der Waals surface area contributed by atoms with Gasteiger partial charge in [0.05, 0.1) is 26.9 Å². The van der Waals surface area contributed by atoms with Crippen molar-refractivity contribution in [1.29, 1.82) is 0 Å². The van der Waals surface area contributed by atoms with Gasteiger partial charge in [0.15, 0.2) is 11.5 Å². The third-order valence-electron chi connectivity index (χ3n) is 4.38. The number of rotatable bonds is 5. The van der Waals surface area contributed by atoms with E-state index < -0.39 is 0 Å². The number of nitrogens with one attached hydrogen (secondary N) is 1. The predicted molar refractivity (Wildman–Crippen MR) is 85.0 cm³/mol. The van der Waals surface area contributed by atoms with Gasteiger partial charge in [-0.3, -0.25) is 4.79 Å². The lowest BCUT2D eigenvalue weighted by Gasteiger charge is -2.29. The van der Waals surface area contributed by atoms with Crippen LogP contribution in [0, 0.1) is 5.92 Å². The van der Waals surface area contributed by atoms with Crippen LogP contribution in [0.3, 0.4) is 0 Å². The maximum atomic E-state index is 12.6. The molecule has 1 N–H and O–H groups in total. The Hall–Kier alpha value is -1.91. The minimum Gasteiger partial charge on any atom is -0.496 e. The van der Waals surface area contributed by atoms with Gasteiger partial charge in [0, 0.05) is 18.2 Å². The summed E-state index contributed by atoms with van der Waals surface area (Å²) in [7, 11) is 4.65. The lowest BCUT2D eigenvalue weighted by Crippen LogP contribution is -2.41. The van der Waals surface area contributed by atoms with Crippen molar-refractivity contribution in [2.75, 3.05) is 21.3 Å². The highest BCUT2D eigenvalue weighted by molar-refractivity contribution is 5.98. The average Bonchev–Trinajstić information content (AvgIpc) is 2.55. The SMILES string of the molecule is COc1cc(OC)c(C(=O)NC2CCCCC2C)cc1OC. The Morgan fingerprint density at radius 2 is 1.59 bits per heavy atom. The highest BCUT2D eigenvalue weighted by Crippen LogP contribution is 2.35. The zero-order valence-corrected chi connectivity index (χ0v) is 13.8. The zero-order chi connectivity index (χ0) is 16.1. The summed E-state index contributed by atoms with van der Waals surface area (Å²) in [6.07, 6.45) is 4.60. The fourth-order valence-electron chi connectivity index (χ4n) is 2.98. The van der Waals surface area contributed by atoms with Crippen molar-refractivity contribution in [3.63, 3.8) is 0 Å². The van der Waals surface area contributed by atoms with E-state index in [-0.39, 0.29) is 11.9 Å². The molecule has 1 aromatic carbocycles. The summed E-state index contributed by atoms with van der Waals surface area (Å²) < 4.78 is 15.8. The van der Waals surface area contributed by atoms with E-state index in [1.165, 1.54) is 12.8 Å². The summed E-state index contributed by atoms with van der Waals surface area (Å²) in [5.74, 6) is 1.92. The van der Waals surface area contributed by atoms with Crippen molar-refractivity contribution in [3.05, 3.63) is 17.7 Å². The van der Waals surface area contributed by atoms with Gasteiger partial charge in [0.2, 0.25) is 0 Å². The molecule has 5 heteroatoms. The summed E-state index contributed by atoms with van der Waals surface area (Å²) in [6, 6.07) is 3.57. The van der Waals surface area contributed by atoms with Gasteiger partial charge >= 0.3 is 0 Å². The van der Waals surface area contributed by atoms with Crippen LogP contribution in [0.2, 0.25) is 0 Å². The van der Waals surface area contributed by atoms with Crippen LogP contribution in [-0.4, -0.2) is 33.3 Å². The second-order valence-electron chi connectivity index (χ2n) is 5.75. The van der Waals surface area contributed by atoms with E-state index in [1.807, 2.05) is 0 Å². The number of carbonyl (C=O) groups excluding carboxylic acids is 1. The van der Waals surface area contributed by atoms with Crippen LogP contribution < -0.4 is 19.5 Å². The van der Waals surface area contributed by atoms with Crippen LogP contribution in [0.25, 0.3) is 0 Å². The third-order valence-corrected chi connectivity index (χ3v) is 4.38. The van der Waals surface area contributed by atoms with E-state index in [4.69, 9.17) is 14.2 Å². The molecule has 5 nitrogen and oxygen atoms in total. The van der Waals surface area contributed by atoms with E-state index in [0.717, 1.165) is 12.8 Å². The molecule has 1 amide bonds. The summed E-state index contributed by atoms with van der Waals surface area (Å²) in [5, 5.41) is 3.13. The van der Waals surface area contributed by atoms with Gasteiger partial charge in [-0.15, -0.1) is 0 Å². The molecule has 0 radical (unpaired) electrons. The van der Waals surface area contributed by atoms with Crippen LogP contribution in [0.4, 0.5) is 0 Å². The standard InChI is InChI=1S/C17H25NO4/c1-11-7-5-6-8-13(11)18-17(19)12-9-15(21-3)16(22-4)10-14(12)20-2/h9-11,13H,5-8H2,1-4H3,(H,18,19). The number of ether oxygens (including phenoxy) is 3. The average molecular weight is 307 g/mol. The molecule has 0 aromatic heterocycles. The summed E-state index contributed by atoms with van der Waals surface area (Å²) >= 11 is 0. The van der Waals surface area contributed by atoms with Crippen molar-refractivity contribution in [2.24, 2.45) is 5.92 Å². The van der Waals surface area contributed by atoms with Crippen LogP contribution in [0.15, 0.2) is 12.1 Å². The molecule has 0 aliphatic heterocycles. The van der Waals surface area contributed by atoms with Crippen LogP contribution in [0.1, 0.15) is 43.0 Å². The second kappa shape index (κ2) is 7.38. The van der Waals surface area contributed by atoms with E-state index in [2.05, 4.69) is 12.2 Å². The summed E-state index contributed by atoms with van der Waals surface area (Å²) in [6.45, 7) is 2.19. The molecular weight excluding hydrogens is 282 g/mol. The predicted octanol–water partition coefficient (Wildman–Crippen LogP) is 3.02. The van der Waals surface area contributed by atoms with Gasteiger partial charge in [0.1, 0.15) is 5.75 Å². The molecule has 1 saturated carbocycles. The van der Waals surface area contributed by atoms with Crippen LogP contribution >= 0.6 is 0 Å². The molecule has 0 saturated heterocycles. The molecule has 2 rings (SSSR count). The van der Waals surface area contributed by atoms with E-state index in [1.54, 1.807) is 33.5 Å². The Morgan fingerprint density at radius 1 is 1.00 bits per heavy atom. The number of benzene rings is 1. The van der Waals surface area contributed by atoms with Gasteiger partial charge in [0.25, 0.3) is 5.91 Å². The molecular formula is C17H25NO4. The number of hydrogen-bond donors (Lipinski definition) is 1. The summed E-state index contributed by atoms with van der Waals surface area (Å²) in [4.78, 5) is 12.6. The maximum absolute atomic E-state index is 12.6. The molecule has 22 heavy (non-hydrogen) atoms. The molecule has 0 spiro atoms. The third kappa shape index (κ3) is 3.46. The quantitative estimate of drug-likeness (QED) is 0.908. The molecule has 1 aliphatic rings. The Labute approximate surface area is 131 Å². The van der Waals surface area contributed by atoms with E-state index in [0.29, 0.717) is 28.7 Å². The Kier molecular flexibility index (Phi) is 5.52. The van der Waals surface area contributed by atoms with Crippen molar-refractivity contribution in [1.82, 2.24) is 5.32 Å². The molecule has 1 aromatic rings. The fourth-order valence-corrected chi connectivity index (χ4v) is 2.98. The minimum atomic E-state index is -0.128. The fraction of sp³-hybridized carbons (Fsp3) is 0.588. The molecule has 0 bridgehead atoms. The number of carbonyl (C=O) groups is 1. The first-order valence-corrected chi connectivity index (χ1v) is 7.71. The smallest absolute Gasteiger partial charge is 0.255 e. The zero-order valence-electron chi connectivity index (χ0n) is 13.8. The first-order chi connectivity index (χ1) is 10.6. The molecule has 1 aliphatic carbocycles. The van der Waals surface area contributed by atoms with Gasteiger partial charge in [-0.25, -0.2) is 0 Å². The lowest BCUT2D eigenvalue weighted by atomic mass is 9.86. The maximum Gasteiger partial charge on any atom is 0.255 e. The van der Waals surface area contributed by atoms with E-state index in [9.17, 15) is 4.79 Å². The number of amides is 1. The van der Waals surface area contributed by atoms with Crippen molar-refractivity contribution in [3.8, 4) is 17.2 Å². The first kappa shape index (κ1) is 16.5. The Balaban J connectivity index is 2.24. The summed E-state index contributed by atoms with van der Waals surface area (Å²) in [5.41, 5.74) is 0.470. The van der Waals surface area contributed by atoms with Gasteiger partial charge in [-0.1, -0.05) is 19.8 Å². The molecule has 2 unspecified atom stereocenters. The van der Waals surface area contributed by atoms with Crippen molar-refractivity contribution < 1.29 is 19.0 Å². The highest BCUT2D eigenvalue weighted by Gasteiger charge is 2.25. The minimum absolute atomic E-state index is 0.128. The highest BCUT2D eigenvalue weighted by atomic mass is 16.5. The molecule has 1 fully saturated rings. The monoisotopic (exact) mass is 307 g/mol. The number of hydrogen-bond acceptors (Lipinski definition) is 4. The van der Waals surface area contributed by atoms with E-state index >= 15 is 0 Å². The van der Waals surface area contributed by atoms with Crippen molar-refractivity contribution in [2.45, 2.75) is 38.6 Å². The Morgan fingerprint density at radius 3 is 2.18 bits per heavy atom. The molecule has 2 atom stereocenters. The van der Waals surface area contributed by atoms with Crippen LogP contribution in [0.5, 0.6) is 17.2 Å². The molecule has 122 valence electrons. The van der Waals surface area contributed by atoms with Crippen molar-refractivity contribution >= 4 is 5.91 Å². The first-order valence-electron chi connectivity index (χ1n) is 7.71. The normalized spacial score (nSPS) is 21.1. The van der Waals surface area contributed by atoms with Crippen LogP contribution in [-0.2, 0) is 0 Å². The second-order valence-corrected chi connectivity index (χ2v) is 5.75. The van der Waals surface area contributed by atoms with Gasteiger partial charge in [-0.2, -0.15) is 0 Å². The Bertz CT molecular complexity index is 530. The molecule has 0 heterocycles. The lowest BCUT2D eigenvalue weighted by molar-refractivity contribution is 0.0906. The largest absolute Gasteiger partial charge is 0.496 e. The number of methoxy groups -OCH3 is 3. The topological polar surface area (TPSA) is 56.8 Å².